The molecule has 1 aromatic carbocycles. The number of amides is 2. The molecule has 2 N–H and O–H groups in total. The second kappa shape index (κ2) is 8.19. The number of halogens is 1. The fourth-order valence-corrected chi connectivity index (χ4v) is 3.52. The summed E-state index contributed by atoms with van der Waals surface area (Å²) in [6.45, 7) is 2.52. The number of nitrogens with one attached hydrogen (secondary N) is 2. The SMILES string of the molecule is COc1cccc(CC(C)NC(=O)NCc2ccc(Br)s2)c1. The molecule has 4 nitrogen and oxygen atoms in total. The Morgan fingerprint density at radius 2 is 2.18 bits per heavy atom. The number of benzene rings is 1. The number of carbonyl (C=O) groups is 1. The fraction of sp³-hybridized carbons (Fsp3) is 0.312. The summed E-state index contributed by atoms with van der Waals surface area (Å²) in [7, 11) is 1.65. The monoisotopic (exact) mass is 382 g/mol. The summed E-state index contributed by atoms with van der Waals surface area (Å²) in [5.41, 5.74) is 1.13. The molecule has 1 atom stereocenters. The van der Waals surface area contributed by atoms with Crippen LogP contribution in [-0.4, -0.2) is 19.2 Å². The van der Waals surface area contributed by atoms with Crippen molar-refractivity contribution >= 4 is 33.3 Å². The number of urea groups is 1. The number of hydrogen-bond acceptors (Lipinski definition) is 3. The van der Waals surface area contributed by atoms with Crippen LogP contribution in [0, 0.1) is 0 Å². The molecule has 0 aliphatic heterocycles. The lowest BCUT2D eigenvalue weighted by atomic mass is 10.1. The molecule has 6 heteroatoms. The quantitative estimate of drug-likeness (QED) is 0.794. The van der Waals surface area contributed by atoms with Gasteiger partial charge in [0.1, 0.15) is 5.75 Å². The minimum absolute atomic E-state index is 0.0437. The first-order chi connectivity index (χ1) is 10.6. The summed E-state index contributed by atoms with van der Waals surface area (Å²) in [6, 6.07) is 11.7. The first-order valence-corrected chi connectivity index (χ1v) is 8.59. The molecule has 1 heterocycles. The van der Waals surface area contributed by atoms with E-state index in [1.54, 1.807) is 18.4 Å². The second-order valence-electron chi connectivity index (χ2n) is 4.99. The Kier molecular flexibility index (Phi) is 6.27. The van der Waals surface area contributed by atoms with E-state index in [4.69, 9.17) is 4.74 Å². The summed E-state index contributed by atoms with van der Waals surface area (Å²) in [5.74, 6) is 0.831. The van der Waals surface area contributed by atoms with Gasteiger partial charge in [-0.05, 0) is 59.1 Å². The molecule has 2 amide bonds. The predicted octanol–water partition coefficient (Wildman–Crippen LogP) is 3.95. The zero-order valence-corrected chi connectivity index (χ0v) is 15.0. The lowest BCUT2D eigenvalue weighted by Crippen LogP contribution is -2.41. The van der Waals surface area contributed by atoms with E-state index >= 15 is 0 Å². The molecule has 0 aliphatic rings. The van der Waals surface area contributed by atoms with Crippen molar-refractivity contribution in [2.75, 3.05) is 7.11 Å². The molecule has 2 rings (SSSR count). The Hall–Kier alpha value is -1.53. The van der Waals surface area contributed by atoms with Crippen molar-refractivity contribution in [1.29, 1.82) is 0 Å². The highest BCUT2D eigenvalue weighted by Crippen LogP contribution is 2.21. The van der Waals surface area contributed by atoms with E-state index in [9.17, 15) is 4.79 Å². The Balaban J connectivity index is 1.78. The van der Waals surface area contributed by atoms with Gasteiger partial charge in [-0.1, -0.05) is 12.1 Å². The molecule has 1 unspecified atom stereocenters. The lowest BCUT2D eigenvalue weighted by Gasteiger charge is -2.15. The normalized spacial score (nSPS) is 11.8. The molecule has 0 saturated carbocycles. The van der Waals surface area contributed by atoms with Crippen molar-refractivity contribution in [2.45, 2.75) is 25.9 Å². The van der Waals surface area contributed by atoms with Gasteiger partial charge in [0, 0.05) is 10.9 Å². The molecular formula is C16H19BrN2O2S. The van der Waals surface area contributed by atoms with Gasteiger partial charge >= 0.3 is 6.03 Å². The molecule has 1 aromatic heterocycles. The van der Waals surface area contributed by atoms with Crippen LogP contribution in [0.5, 0.6) is 5.75 Å². The number of ether oxygens (including phenoxy) is 1. The molecule has 2 aromatic rings. The van der Waals surface area contributed by atoms with Crippen molar-refractivity contribution in [3.05, 3.63) is 50.6 Å². The van der Waals surface area contributed by atoms with E-state index < -0.39 is 0 Å². The number of hydrogen-bond donors (Lipinski definition) is 2. The van der Waals surface area contributed by atoms with Gasteiger partial charge in [-0.15, -0.1) is 11.3 Å². The lowest BCUT2D eigenvalue weighted by molar-refractivity contribution is 0.237. The molecule has 0 fully saturated rings. The molecule has 22 heavy (non-hydrogen) atoms. The highest BCUT2D eigenvalue weighted by molar-refractivity contribution is 9.11. The third-order valence-electron chi connectivity index (χ3n) is 3.11. The molecule has 0 saturated heterocycles. The first-order valence-electron chi connectivity index (χ1n) is 6.98. The average Bonchev–Trinajstić information content (AvgIpc) is 2.91. The largest absolute Gasteiger partial charge is 0.497 e. The van der Waals surface area contributed by atoms with Crippen LogP contribution >= 0.6 is 27.3 Å². The van der Waals surface area contributed by atoms with Crippen LogP contribution in [0.4, 0.5) is 4.79 Å². The molecule has 118 valence electrons. The first kappa shape index (κ1) is 16.8. The van der Waals surface area contributed by atoms with E-state index in [0.717, 1.165) is 26.4 Å². The summed E-state index contributed by atoms with van der Waals surface area (Å²) in [4.78, 5) is 13.0. The summed E-state index contributed by atoms with van der Waals surface area (Å²) >= 11 is 5.02. The Morgan fingerprint density at radius 3 is 2.86 bits per heavy atom. The standard InChI is InChI=1S/C16H19BrN2O2S/c1-11(8-12-4-3-5-13(9-12)21-2)19-16(20)18-10-14-6-7-15(17)22-14/h3-7,9,11H,8,10H2,1-2H3,(H2,18,19,20). The van der Waals surface area contributed by atoms with Crippen molar-refractivity contribution in [2.24, 2.45) is 0 Å². The minimum atomic E-state index is -0.153. The average molecular weight is 383 g/mol. The van der Waals surface area contributed by atoms with E-state index in [0.29, 0.717) is 6.54 Å². The van der Waals surface area contributed by atoms with Gasteiger partial charge in [0.2, 0.25) is 0 Å². The second-order valence-corrected chi connectivity index (χ2v) is 7.54. The van der Waals surface area contributed by atoms with E-state index in [2.05, 4.69) is 26.6 Å². The smallest absolute Gasteiger partial charge is 0.315 e. The van der Waals surface area contributed by atoms with Crippen LogP contribution in [-0.2, 0) is 13.0 Å². The van der Waals surface area contributed by atoms with Crippen LogP contribution in [0.1, 0.15) is 17.4 Å². The number of thiophene rings is 1. The summed E-state index contributed by atoms with van der Waals surface area (Å²) in [6.07, 6.45) is 0.759. The van der Waals surface area contributed by atoms with Crippen molar-refractivity contribution in [3.8, 4) is 5.75 Å². The van der Waals surface area contributed by atoms with E-state index in [1.807, 2.05) is 43.3 Å². The Bertz CT molecular complexity index is 630. The maximum atomic E-state index is 11.9. The van der Waals surface area contributed by atoms with Crippen LogP contribution in [0.2, 0.25) is 0 Å². The minimum Gasteiger partial charge on any atom is -0.497 e. The predicted molar refractivity (Wildman–Crippen MR) is 93.6 cm³/mol. The molecule has 0 spiro atoms. The third-order valence-corrected chi connectivity index (χ3v) is 4.73. The van der Waals surface area contributed by atoms with Gasteiger partial charge in [-0.3, -0.25) is 0 Å². The van der Waals surface area contributed by atoms with Crippen molar-refractivity contribution < 1.29 is 9.53 Å². The summed E-state index contributed by atoms with van der Waals surface area (Å²) < 4.78 is 6.27. The third kappa shape index (κ3) is 5.35. The van der Waals surface area contributed by atoms with Crippen LogP contribution in [0.3, 0.4) is 0 Å². The highest BCUT2D eigenvalue weighted by Gasteiger charge is 2.09. The number of carbonyl (C=O) groups excluding carboxylic acids is 1. The topological polar surface area (TPSA) is 50.4 Å². The molecule has 0 radical (unpaired) electrons. The van der Waals surface area contributed by atoms with Crippen LogP contribution in [0.15, 0.2) is 40.2 Å². The van der Waals surface area contributed by atoms with E-state index in [1.165, 1.54) is 0 Å². The summed E-state index contributed by atoms with van der Waals surface area (Å²) in [5, 5.41) is 5.81. The maximum absolute atomic E-state index is 11.9. The maximum Gasteiger partial charge on any atom is 0.315 e. The van der Waals surface area contributed by atoms with Crippen LogP contribution in [0.25, 0.3) is 0 Å². The van der Waals surface area contributed by atoms with Crippen molar-refractivity contribution in [3.63, 3.8) is 0 Å². The molecule has 0 bridgehead atoms. The van der Waals surface area contributed by atoms with Gasteiger partial charge in [0.05, 0.1) is 17.4 Å². The van der Waals surface area contributed by atoms with Gasteiger partial charge < -0.3 is 15.4 Å². The van der Waals surface area contributed by atoms with Gasteiger partial charge in [0.15, 0.2) is 0 Å². The zero-order chi connectivity index (χ0) is 15.9. The fourth-order valence-electron chi connectivity index (χ4n) is 2.09. The van der Waals surface area contributed by atoms with Gasteiger partial charge in [-0.2, -0.15) is 0 Å². The van der Waals surface area contributed by atoms with Crippen molar-refractivity contribution in [1.82, 2.24) is 10.6 Å². The van der Waals surface area contributed by atoms with Crippen LogP contribution < -0.4 is 15.4 Å². The number of rotatable bonds is 6. The Morgan fingerprint density at radius 1 is 1.36 bits per heavy atom. The molecular weight excluding hydrogens is 364 g/mol. The Labute approximate surface area is 143 Å². The molecule has 0 aliphatic carbocycles. The van der Waals surface area contributed by atoms with E-state index in [-0.39, 0.29) is 12.1 Å². The van der Waals surface area contributed by atoms with Gasteiger partial charge in [-0.25, -0.2) is 4.79 Å². The van der Waals surface area contributed by atoms with Gasteiger partial charge in [0.25, 0.3) is 0 Å². The zero-order valence-electron chi connectivity index (χ0n) is 12.6. The number of methoxy groups -OCH3 is 1. The highest BCUT2D eigenvalue weighted by atomic mass is 79.9.